The molecule has 122 valence electrons. The third-order valence-electron chi connectivity index (χ3n) is 3.98. The molecule has 2 aromatic rings. The summed E-state index contributed by atoms with van der Waals surface area (Å²) in [6, 6.07) is 9.25. The van der Waals surface area contributed by atoms with Crippen molar-refractivity contribution in [3.63, 3.8) is 0 Å². The highest BCUT2D eigenvalue weighted by Crippen LogP contribution is 2.23. The van der Waals surface area contributed by atoms with Crippen molar-refractivity contribution in [2.24, 2.45) is 0 Å². The van der Waals surface area contributed by atoms with E-state index in [2.05, 4.69) is 27.0 Å². The molecule has 0 saturated carbocycles. The monoisotopic (exact) mass is 350 g/mol. The predicted molar refractivity (Wildman–Crippen MR) is 93.2 cm³/mol. The first-order chi connectivity index (χ1) is 11.2. The van der Waals surface area contributed by atoms with Crippen LogP contribution in [0.1, 0.15) is 22.0 Å². The van der Waals surface area contributed by atoms with Crippen LogP contribution >= 0.6 is 22.9 Å². The zero-order valence-electron chi connectivity index (χ0n) is 12.7. The summed E-state index contributed by atoms with van der Waals surface area (Å²) in [5.74, 6) is -0.0739. The number of benzene rings is 1. The molecular formula is C17H19ClN2O2S. The molecule has 6 heteroatoms. The number of nitrogens with zero attached hydrogens (tertiary/aromatic N) is 1. The number of carbonyl (C=O) groups is 1. The summed E-state index contributed by atoms with van der Waals surface area (Å²) in [6.45, 7) is 3.84. The Labute approximate surface area is 145 Å². The second kappa shape index (κ2) is 7.93. The second-order valence-corrected chi connectivity index (χ2v) is 6.65. The van der Waals surface area contributed by atoms with Crippen molar-refractivity contribution in [1.82, 2.24) is 10.2 Å². The molecule has 1 aliphatic heterocycles. The molecule has 0 spiro atoms. The van der Waals surface area contributed by atoms with E-state index in [1.165, 1.54) is 5.56 Å². The Morgan fingerprint density at radius 3 is 2.65 bits per heavy atom. The third-order valence-corrected chi connectivity index (χ3v) is 4.93. The lowest BCUT2D eigenvalue weighted by Gasteiger charge is -2.34. The van der Waals surface area contributed by atoms with E-state index in [1.807, 2.05) is 0 Å². The van der Waals surface area contributed by atoms with Crippen LogP contribution < -0.4 is 5.32 Å². The van der Waals surface area contributed by atoms with Gasteiger partial charge in [-0.15, -0.1) is 0 Å². The van der Waals surface area contributed by atoms with Gasteiger partial charge in [-0.3, -0.25) is 9.69 Å². The van der Waals surface area contributed by atoms with E-state index in [9.17, 15) is 4.79 Å². The smallest absolute Gasteiger partial charge is 0.251 e. The highest BCUT2D eigenvalue weighted by Gasteiger charge is 2.23. The van der Waals surface area contributed by atoms with Gasteiger partial charge in [0.1, 0.15) is 0 Å². The number of nitrogens with one attached hydrogen (secondary N) is 1. The van der Waals surface area contributed by atoms with E-state index < -0.39 is 0 Å². The maximum atomic E-state index is 12.3. The van der Waals surface area contributed by atoms with Gasteiger partial charge in [-0.2, -0.15) is 11.3 Å². The number of ether oxygens (including phenoxy) is 1. The Morgan fingerprint density at radius 1 is 1.26 bits per heavy atom. The molecule has 1 aliphatic rings. The first-order valence-electron chi connectivity index (χ1n) is 7.62. The van der Waals surface area contributed by atoms with Crippen molar-refractivity contribution in [1.29, 1.82) is 0 Å². The summed E-state index contributed by atoms with van der Waals surface area (Å²) in [7, 11) is 0. The fraction of sp³-hybridized carbons (Fsp3) is 0.353. The quantitative estimate of drug-likeness (QED) is 0.900. The summed E-state index contributed by atoms with van der Waals surface area (Å²) in [5.41, 5.74) is 1.87. The molecule has 4 nitrogen and oxygen atoms in total. The van der Waals surface area contributed by atoms with E-state index in [-0.39, 0.29) is 11.9 Å². The van der Waals surface area contributed by atoms with Crippen molar-refractivity contribution >= 4 is 28.8 Å². The van der Waals surface area contributed by atoms with Gasteiger partial charge in [-0.05, 0) is 46.7 Å². The van der Waals surface area contributed by atoms with E-state index in [0.29, 0.717) is 17.1 Å². The Kier molecular flexibility index (Phi) is 5.67. The van der Waals surface area contributed by atoms with Gasteiger partial charge in [0.2, 0.25) is 0 Å². The number of carbonyl (C=O) groups excluding carboxylic acids is 1. The SMILES string of the molecule is O=C(NCC(c1ccsc1)N1CCOCC1)c1ccc(Cl)cc1. The summed E-state index contributed by atoms with van der Waals surface area (Å²) >= 11 is 7.54. The zero-order chi connectivity index (χ0) is 16.1. The van der Waals surface area contributed by atoms with Crippen LogP contribution in [-0.4, -0.2) is 43.7 Å². The maximum Gasteiger partial charge on any atom is 0.251 e. The molecule has 23 heavy (non-hydrogen) atoms. The number of hydrogen-bond donors (Lipinski definition) is 1. The Bertz CT molecular complexity index is 625. The van der Waals surface area contributed by atoms with Crippen molar-refractivity contribution in [2.75, 3.05) is 32.8 Å². The Morgan fingerprint density at radius 2 is 2.00 bits per heavy atom. The minimum Gasteiger partial charge on any atom is -0.379 e. The van der Waals surface area contributed by atoms with Crippen LogP contribution in [0.3, 0.4) is 0 Å². The van der Waals surface area contributed by atoms with Crippen molar-refractivity contribution in [3.05, 3.63) is 57.2 Å². The average molecular weight is 351 g/mol. The van der Waals surface area contributed by atoms with Crippen LogP contribution in [0.4, 0.5) is 0 Å². The lowest BCUT2D eigenvalue weighted by Crippen LogP contribution is -2.43. The van der Waals surface area contributed by atoms with Crippen LogP contribution in [0, 0.1) is 0 Å². The molecule has 1 saturated heterocycles. The first-order valence-corrected chi connectivity index (χ1v) is 8.94. The van der Waals surface area contributed by atoms with Crippen molar-refractivity contribution in [3.8, 4) is 0 Å². The Hall–Kier alpha value is -1.40. The fourth-order valence-corrected chi connectivity index (χ4v) is 3.54. The number of hydrogen-bond acceptors (Lipinski definition) is 4. The second-order valence-electron chi connectivity index (χ2n) is 5.44. The lowest BCUT2D eigenvalue weighted by molar-refractivity contribution is 0.0163. The first kappa shape index (κ1) is 16.5. The standard InChI is InChI=1S/C17H19ClN2O2S/c18-15-3-1-13(2-4-15)17(21)19-11-16(14-5-10-23-12-14)20-6-8-22-9-7-20/h1-5,10,12,16H,6-9,11H2,(H,19,21). The van der Waals surface area contributed by atoms with Crippen LogP contribution in [0.25, 0.3) is 0 Å². The molecule has 0 bridgehead atoms. The summed E-state index contributed by atoms with van der Waals surface area (Å²) in [4.78, 5) is 14.7. The lowest BCUT2D eigenvalue weighted by atomic mass is 10.1. The van der Waals surface area contributed by atoms with Crippen LogP contribution in [0.15, 0.2) is 41.1 Å². The van der Waals surface area contributed by atoms with Crippen LogP contribution in [0.2, 0.25) is 5.02 Å². The van der Waals surface area contributed by atoms with Crippen molar-refractivity contribution in [2.45, 2.75) is 6.04 Å². The van der Waals surface area contributed by atoms with E-state index >= 15 is 0 Å². The van der Waals surface area contributed by atoms with Gasteiger partial charge in [0.05, 0.1) is 19.3 Å². The van der Waals surface area contributed by atoms with Gasteiger partial charge in [-0.1, -0.05) is 11.6 Å². The molecule has 2 heterocycles. The fourth-order valence-electron chi connectivity index (χ4n) is 2.70. The minimum absolute atomic E-state index is 0.0739. The van der Waals surface area contributed by atoms with Crippen LogP contribution in [0.5, 0.6) is 0 Å². The summed E-state index contributed by atoms with van der Waals surface area (Å²) in [5, 5.41) is 7.90. The Balaban J connectivity index is 1.66. The topological polar surface area (TPSA) is 41.6 Å². The molecule has 1 aromatic heterocycles. The molecule has 1 N–H and O–H groups in total. The molecule has 1 atom stereocenters. The predicted octanol–water partition coefficient (Wildman–Crippen LogP) is 3.20. The molecule has 1 fully saturated rings. The van der Waals surface area contributed by atoms with E-state index in [4.69, 9.17) is 16.3 Å². The average Bonchev–Trinajstić information content (AvgIpc) is 3.11. The largest absolute Gasteiger partial charge is 0.379 e. The molecule has 1 unspecified atom stereocenters. The van der Waals surface area contributed by atoms with Gasteiger partial charge < -0.3 is 10.1 Å². The van der Waals surface area contributed by atoms with Gasteiger partial charge in [0, 0.05) is 30.2 Å². The van der Waals surface area contributed by atoms with Gasteiger partial charge in [-0.25, -0.2) is 0 Å². The maximum absolute atomic E-state index is 12.3. The molecular weight excluding hydrogens is 332 g/mol. The highest BCUT2D eigenvalue weighted by molar-refractivity contribution is 7.07. The number of halogens is 1. The normalized spacial score (nSPS) is 16.9. The van der Waals surface area contributed by atoms with Crippen molar-refractivity contribution < 1.29 is 9.53 Å². The summed E-state index contributed by atoms with van der Waals surface area (Å²) < 4.78 is 5.43. The number of thiophene rings is 1. The van der Waals surface area contributed by atoms with E-state index in [1.54, 1.807) is 35.6 Å². The highest BCUT2D eigenvalue weighted by atomic mass is 35.5. The molecule has 0 radical (unpaired) electrons. The molecule has 1 aromatic carbocycles. The number of rotatable bonds is 5. The van der Waals surface area contributed by atoms with Gasteiger partial charge >= 0.3 is 0 Å². The van der Waals surface area contributed by atoms with Gasteiger partial charge in [0.25, 0.3) is 5.91 Å². The minimum atomic E-state index is -0.0739. The zero-order valence-corrected chi connectivity index (χ0v) is 14.3. The van der Waals surface area contributed by atoms with Gasteiger partial charge in [0.15, 0.2) is 0 Å². The third kappa shape index (κ3) is 4.32. The molecule has 0 aliphatic carbocycles. The van der Waals surface area contributed by atoms with Crippen LogP contribution in [-0.2, 0) is 4.74 Å². The van der Waals surface area contributed by atoms with E-state index in [0.717, 1.165) is 26.3 Å². The molecule has 3 rings (SSSR count). The number of amides is 1. The number of morpholine rings is 1. The summed E-state index contributed by atoms with van der Waals surface area (Å²) in [6.07, 6.45) is 0. The molecule has 1 amide bonds.